The molecule has 0 bridgehead atoms. The SMILES string of the molecule is C[C@@H]1CCC[C@H](C)N1CCCCCN1C(=O)C(c2cccc(CN)c2)Oc2ccccc21. The number of hydrogen-bond acceptors (Lipinski definition) is 4. The van der Waals surface area contributed by atoms with E-state index in [0.717, 1.165) is 48.5 Å². The summed E-state index contributed by atoms with van der Waals surface area (Å²) in [7, 11) is 0. The van der Waals surface area contributed by atoms with E-state index in [1.807, 2.05) is 53.4 Å². The first-order valence-corrected chi connectivity index (χ1v) is 12.2. The Morgan fingerprint density at radius 2 is 1.72 bits per heavy atom. The number of hydrogen-bond donors (Lipinski definition) is 1. The van der Waals surface area contributed by atoms with Gasteiger partial charge in [-0.3, -0.25) is 9.69 Å². The van der Waals surface area contributed by atoms with Crippen LogP contribution < -0.4 is 15.4 Å². The molecule has 1 amide bonds. The number of carbonyl (C=O) groups is 1. The van der Waals surface area contributed by atoms with E-state index in [2.05, 4.69) is 18.7 Å². The van der Waals surface area contributed by atoms with Gasteiger partial charge in [-0.1, -0.05) is 49.2 Å². The zero-order valence-electron chi connectivity index (χ0n) is 19.5. The number of fused-ring (bicyclic) bond motifs is 1. The molecule has 1 saturated heterocycles. The van der Waals surface area contributed by atoms with Crippen LogP contribution in [0.2, 0.25) is 0 Å². The van der Waals surface area contributed by atoms with Gasteiger partial charge in [0.15, 0.2) is 0 Å². The Bertz CT molecular complexity index is 905. The van der Waals surface area contributed by atoms with Crippen LogP contribution in [-0.2, 0) is 11.3 Å². The smallest absolute Gasteiger partial charge is 0.272 e. The number of anilines is 1. The molecule has 2 aliphatic rings. The second kappa shape index (κ2) is 10.5. The molecule has 2 N–H and O–H groups in total. The highest BCUT2D eigenvalue weighted by Crippen LogP contribution is 2.39. The van der Waals surface area contributed by atoms with Gasteiger partial charge in [0, 0.05) is 30.7 Å². The van der Waals surface area contributed by atoms with Gasteiger partial charge < -0.3 is 15.4 Å². The van der Waals surface area contributed by atoms with Crippen molar-refractivity contribution in [3.05, 3.63) is 59.7 Å². The van der Waals surface area contributed by atoms with Gasteiger partial charge in [0.25, 0.3) is 5.91 Å². The van der Waals surface area contributed by atoms with E-state index in [-0.39, 0.29) is 5.91 Å². The lowest BCUT2D eigenvalue weighted by Crippen LogP contribution is -2.44. The first-order valence-electron chi connectivity index (χ1n) is 12.2. The third-order valence-electron chi connectivity index (χ3n) is 7.05. The molecule has 4 rings (SSSR count). The molecule has 2 aromatic carbocycles. The number of unbranched alkanes of at least 4 members (excludes halogenated alkanes) is 2. The minimum absolute atomic E-state index is 0.0103. The van der Waals surface area contributed by atoms with Crippen molar-refractivity contribution >= 4 is 11.6 Å². The second-order valence-electron chi connectivity index (χ2n) is 9.33. The summed E-state index contributed by atoms with van der Waals surface area (Å²) in [5, 5.41) is 0. The molecular weight excluding hydrogens is 398 g/mol. The summed E-state index contributed by atoms with van der Waals surface area (Å²) in [6.45, 7) is 7.04. The molecule has 1 unspecified atom stereocenters. The Labute approximate surface area is 192 Å². The van der Waals surface area contributed by atoms with Crippen molar-refractivity contribution in [3.8, 4) is 5.75 Å². The minimum Gasteiger partial charge on any atom is -0.474 e. The van der Waals surface area contributed by atoms with Crippen molar-refractivity contribution in [2.24, 2.45) is 5.73 Å². The van der Waals surface area contributed by atoms with E-state index in [1.165, 1.54) is 25.7 Å². The largest absolute Gasteiger partial charge is 0.474 e. The van der Waals surface area contributed by atoms with Gasteiger partial charge in [0.2, 0.25) is 6.10 Å². The average Bonchev–Trinajstić information content (AvgIpc) is 2.81. The molecule has 0 aliphatic carbocycles. The fourth-order valence-corrected chi connectivity index (χ4v) is 5.20. The molecule has 0 saturated carbocycles. The molecule has 32 heavy (non-hydrogen) atoms. The number of likely N-dealkylation sites (tertiary alicyclic amines) is 1. The van der Waals surface area contributed by atoms with Crippen LogP contribution in [0.15, 0.2) is 48.5 Å². The highest BCUT2D eigenvalue weighted by atomic mass is 16.5. The van der Waals surface area contributed by atoms with E-state index in [0.29, 0.717) is 18.6 Å². The van der Waals surface area contributed by atoms with Gasteiger partial charge in [-0.15, -0.1) is 0 Å². The van der Waals surface area contributed by atoms with E-state index in [9.17, 15) is 4.79 Å². The Hall–Kier alpha value is -2.37. The number of para-hydroxylation sites is 2. The first-order chi connectivity index (χ1) is 15.6. The maximum Gasteiger partial charge on any atom is 0.272 e. The second-order valence-corrected chi connectivity index (χ2v) is 9.33. The van der Waals surface area contributed by atoms with Crippen LogP contribution in [0.3, 0.4) is 0 Å². The van der Waals surface area contributed by atoms with E-state index < -0.39 is 6.10 Å². The Kier molecular flexibility index (Phi) is 7.48. The van der Waals surface area contributed by atoms with Crippen molar-refractivity contribution in [3.63, 3.8) is 0 Å². The molecule has 2 aliphatic heterocycles. The number of carbonyl (C=O) groups excluding carboxylic acids is 1. The summed E-state index contributed by atoms with van der Waals surface area (Å²) in [5.74, 6) is 0.780. The van der Waals surface area contributed by atoms with E-state index in [1.54, 1.807) is 0 Å². The predicted molar refractivity (Wildman–Crippen MR) is 130 cm³/mol. The molecule has 5 nitrogen and oxygen atoms in total. The number of piperidine rings is 1. The van der Waals surface area contributed by atoms with Crippen molar-refractivity contribution in [1.29, 1.82) is 0 Å². The van der Waals surface area contributed by atoms with Crippen molar-refractivity contribution < 1.29 is 9.53 Å². The highest BCUT2D eigenvalue weighted by Gasteiger charge is 2.35. The number of benzene rings is 2. The lowest BCUT2D eigenvalue weighted by atomic mass is 9.97. The molecule has 1 fully saturated rings. The zero-order valence-corrected chi connectivity index (χ0v) is 19.5. The van der Waals surface area contributed by atoms with Gasteiger partial charge in [0.05, 0.1) is 5.69 Å². The van der Waals surface area contributed by atoms with Crippen LogP contribution in [0.1, 0.15) is 69.6 Å². The predicted octanol–water partition coefficient (Wildman–Crippen LogP) is 5.05. The summed E-state index contributed by atoms with van der Waals surface area (Å²) in [5.41, 5.74) is 8.56. The van der Waals surface area contributed by atoms with Gasteiger partial charge in [-0.25, -0.2) is 0 Å². The van der Waals surface area contributed by atoms with Crippen molar-refractivity contribution in [2.45, 2.75) is 77.1 Å². The summed E-state index contributed by atoms with van der Waals surface area (Å²) in [6, 6.07) is 17.1. The number of amides is 1. The summed E-state index contributed by atoms with van der Waals surface area (Å²) >= 11 is 0. The van der Waals surface area contributed by atoms with E-state index in [4.69, 9.17) is 10.5 Å². The number of ether oxygens (including phenoxy) is 1. The monoisotopic (exact) mass is 435 g/mol. The van der Waals surface area contributed by atoms with E-state index >= 15 is 0 Å². The molecule has 0 spiro atoms. The maximum atomic E-state index is 13.4. The van der Waals surface area contributed by atoms with Gasteiger partial charge in [-0.05, 0) is 63.8 Å². The molecule has 0 aromatic heterocycles. The fraction of sp³-hybridized carbons (Fsp3) is 0.519. The Balaban J connectivity index is 1.40. The quantitative estimate of drug-likeness (QED) is 0.590. The molecule has 2 aromatic rings. The molecule has 0 radical (unpaired) electrons. The van der Waals surface area contributed by atoms with Crippen LogP contribution in [0.25, 0.3) is 0 Å². The molecule has 172 valence electrons. The maximum absolute atomic E-state index is 13.4. The van der Waals surface area contributed by atoms with Crippen LogP contribution in [-0.4, -0.2) is 36.0 Å². The van der Waals surface area contributed by atoms with Gasteiger partial charge in [-0.2, -0.15) is 0 Å². The molecule has 3 atom stereocenters. The van der Waals surface area contributed by atoms with Crippen LogP contribution in [0, 0.1) is 0 Å². The topological polar surface area (TPSA) is 58.8 Å². The van der Waals surface area contributed by atoms with Crippen LogP contribution in [0.4, 0.5) is 5.69 Å². The normalized spacial score (nSPS) is 23.7. The summed E-state index contributed by atoms with van der Waals surface area (Å²) in [6.07, 6.45) is 6.66. The fourth-order valence-electron chi connectivity index (χ4n) is 5.20. The van der Waals surface area contributed by atoms with Gasteiger partial charge in [0.1, 0.15) is 5.75 Å². The van der Waals surface area contributed by atoms with Crippen LogP contribution in [0.5, 0.6) is 5.75 Å². The highest BCUT2D eigenvalue weighted by molar-refractivity contribution is 6.00. The first kappa shape index (κ1) is 22.8. The van der Waals surface area contributed by atoms with Gasteiger partial charge >= 0.3 is 0 Å². The minimum atomic E-state index is -0.619. The number of nitrogens with two attached hydrogens (primary N) is 1. The van der Waals surface area contributed by atoms with Crippen LogP contribution >= 0.6 is 0 Å². The Morgan fingerprint density at radius 1 is 0.969 bits per heavy atom. The number of rotatable bonds is 8. The summed E-state index contributed by atoms with van der Waals surface area (Å²) < 4.78 is 6.15. The molecule has 2 heterocycles. The van der Waals surface area contributed by atoms with Crippen molar-refractivity contribution in [2.75, 3.05) is 18.0 Å². The zero-order chi connectivity index (χ0) is 22.5. The number of nitrogens with zero attached hydrogens (tertiary/aromatic N) is 2. The average molecular weight is 436 g/mol. The molecular formula is C27H37N3O2. The molecule has 5 heteroatoms. The summed E-state index contributed by atoms with van der Waals surface area (Å²) in [4.78, 5) is 18.0. The lowest BCUT2D eigenvalue weighted by Gasteiger charge is -2.39. The Morgan fingerprint density at radius 3 is 2.50 bits per heavy atom. The third-order valence-corrected chi connectivity index (χ3v) is 7.05. The standard InChI is InChI=1S/C27H37N3O2/c1-20-10-8-11-21(2)29(20)16-6-3-7-17-30-24-14-4-5-15-25(24)32-26(27(30)31)23-13-9-12-22(18-23)19-28/h4-5,9,12-15,18,20-21,26H,3,6-8,10-11,16-17,19,28H2,1-2H3/t20-,21+,26?. The lowest BCUT2D eigenvalue weighted by molar-refractivity contribution is -0.126. The third kappa shape index (κ3) is 5.00. The van der Waals surface area contributed by atoms with Crippen molar-refractivity contribution in [1.82, 2.24) is 4.90 Å².